The number of hydrogen-bond donors (Lipinski definition) is 0. The van der Waals surface area contributed by atoms with Crippen molar-refractivity contribution in [2.45, 2.75) is 37.0 Å². The van der Waals surface area contributed by atoms with E-state index in [9.17, 15) is 13.2 Å². The van der Waals surface area contributed by atoms with Gasteiger partial charge in [-0.3, -0.25) is 4.79 Å². The van der Waals surface area contributed by atoms with Crippen molar-refractivity contribution in [3.63, 3.8) is 0 Å². The molecule has 7 heteroatoms. The maximum Gasteiger partial charge on any atom is 0.326 e. The van der Waals surface area contributed by atoms with Crippen LogP contribution in [0.2, 0.25) is 0 Å². The highest BCUT2D eigenvalue weighted by atomic mass is 32.2. The molecule has 1 saturated heterocycles. The molecule has 0 spiro atoms. The van der Waals surface area contributed by atoms with Gasteiger partial charge in [0.25, 0.3) is 0 Å². The van der Waals surface area contributed by atoms with Gasteiger partial charge in [0, 0.05) is 6.54 Å². The molecule has 1 heterocycles. The molecule has 0 radical (unpaired) electrons. The van der Waals surface area contributed by atoms with Gasteiger partial charge in [0.15, 0.2) is 0 Å². The summed E-state index contributed by atoms with van der Waals surface area (Å²) < 4.78 is 36.1. The zero-order valence-corrected chi connectivity index (χ0v) is 11.3. The molecule has 1 aliphatic heterocycles. The lowest BCUT2D eigenvalue weighted by atomic mass is 10.3. The monoisotopic (exact) mass is 277 g/mol. The SMILES string of the molecule is COC(=O)C1COCCN1S(=O)(=O)C1CCCC1. The highest BCUT2D eigenvalue weighted by molar-refractivity contribution is 7.89. The molecule has 1 unspecified atom stereocenters. The predicted molar refractivity (Wildman–Crippen MR) is 64.5 cm³/mol. The minimum Gasteiger partial charge on any atom is -0.468 e. The van der Waals surface area contributed by atoms with Crippen molar-refractivity contribution < 1.29 is 22.7 Å². The van der Waals surface area contributed by atoms with Crippen LogP contribution in [-0.4, -0.2) is 56.9 Å². The van der Waals surface area contributed by atoms with Gasteiger partial charge in [0.1, 0.15) is 6.04 Å². The first-order chi connectivity index (χ1) is 8.57. The minimum atomic E-state index is -3.41. The number of rotatable bonds is 3. The number of methoxy groups -OCH3 is 1. The summed E-state index contributed by atoms with van der Waals surface area (Å²) in [5.41, 5.74) is 0. The average molecular weight is 277 g/mol. The number of carbonyl (C=O) groups is 1. The van der Waals surface area contributed by atoms with Crippen LogP contribution in [0.15, 0.2) is 0 Å². The largest absolute Gasteiger partial charge is 0.468 e. The van der Waals surface area contributed by atoms with E-state index in [0.29, 0.717) is 19.4 Å². The molecule has 6 nitrogen and oxygen atoms in total. The summed E-state index contributed by atoms with van der Waals surface area (Å²) in [7, 11) is -2.15. The molecule has 0 aromatic heterocycles. The summed E-state index contributed by atoms with van der Waals surface area (Å²) in [6.07, 6.45) is 3.26. The Morgan fingerprint density at radius 2 is 2.00 bits per heavy atom. The molecule has 0 N–H and O–H groups in total. The molecule has 1 atom stereocenters. The van der Waals surface area contributed by atoms with Crippen molar-refractivity contribution in [1.29, 1.82) is 0 Å². The third kappa shape index (κ3) is 2.53. The Bertz CT molecular complexity index is 402. The third-order valence-corrected chi connectivity index (χ3v) is 6.01. The molecule has 0 amide bonds. The smallest absolute Gasteiger partial charge is 0.326 e. The van der Waals surface area contributed by atoms with Gasteiger partial charge >= 0.3 is 5.97 Å². The first-order valence-corrected chi connectivity index (χ1v) is 7.74. The number of carbonyl (C=O) groups excluding carboxylic acids is 1. The van der Waals surface area contributed by atoms with Crippen LogP contribution in [0.25, 0.3) is 0 Å². The Hall–Kier alpha value is -0.660. The fourth-order valence-electron chi connectivity index (χ4n) is 2.59. The van der Waals surface area contributed by atoms with Gasteiger partial charge in [-0.1, -0.05) is 12.8 Å². The van der Waals surface area contributed by atoms with Crippen molar-refractivity contribution >= 4 is 16.0 Å². The summed E-state index contributed by atoms with van der Waals surface area (Å²) >= 11 is 0. The van der Waals surface area contributed by atoms with E-state index in [2.05, 4.69) is 4.74 Å². The second-order valence-electron chi connectivity index (χ2n) is 4.68. The molecule has 0 bridgehead atoms. The molecular formula is C11H19NO5S. The Balaban J connectivity index is 2.19. The van der Waals surface area contributed by atoms with Crippen LogP contribution in [0.5, 0.6) is 0 Å². The van der Waals surface area contributed by atoms with Crippen molar-refractivity contribution in [2.75, 3.05) is 26.9 Å². The van der Waals surface area contributed by atoms with E-state index in [1.165, 1.54) is 11.4 Å². The lowest BCUT2D eigenvalue weighted by molar-refractivity contribution is -0.149. The van der Waals surface area contributed by atoms with Crippen LogP contribution in [0, 0.1) is 0 Å². The van der Waals surface area contributed by atoms with Crippen molar-refractivity contribution in [2.24, 2.45) is 0 Å². The van der Waals surface area contributed by atoms with Crippen LogP contribution in [-0.2, 0) is 24.3 Å². The number of ether oxygens (including phenoxy) is 2. The highest BCUT2D eigenvalue weighted by Gasteiger charge is 2.42. The van der Waals surface area contributed by atoms with E-state index in [4.69, 9.17) is 4.74 Å². The van der Waals surface area contributed by atoms with Crippen molar-refractivity contribution in [1.82, 2.24) is 4.31 Å². The summed E-state index contributed by atoms with van der Waals surface area (Å²) in [4.78, 5) is 11.6. The van der Waals surface area contributed by atoms with Crippen LogP contribution in [0.1, 0.15) is 25.7 Å². The number of nitrogens with zero attached hydrogens (tertiary/aromatic N) is 1. The molecule has 0 aromatic carbocycles. The fraction of sp³-hybridized carbons (Fsp3) is 0.909. The van der Waals surface area contributed by atoms with Gasteiger partial charge in [0.05, 0.1) is 25.6 Å². The van der Waals surface area contributed by atoms with E-state index < -0.39 is 22.0 Å². The molecule has 2 aliphatic rings. The van der Waals surface area contributed by atoms with Gasteiger partial charge in [-0.15, -0.1) is 0 Å². The Morgan fingerprint density at radius 1 is 1.33 bits per heavy atom. The number of morpholine rings is 1. The molecule has 1 aliphatic carbocycles. The van der Waals surface area contributed by atoms with Crippen molar-refractivity contribution in [3.8, 4) is 0 Å². The van der Waals surface area contributed by atoms with E-state index in [1.54, 1.807) is 0 Å². The highest BCUT2D eigenvalue weighted by Crippen LogP contribution is 2.29. The first kappa shape index (κ1) is 13.8. The molecule has 2 fully saturated rings. The Labute approximate surface area is 107 Å². The van der Waals surface area contributed by atoms with E-state index >= 15 is 0 Å². The molecule has 1 saturated carbocycles. The fourth-order valence-corrected chi connectivity index (χ4v) is 4.74. The van der Waals surface area contributed by atoms with Crippen LogP contribution in [0.4, 0.5) is 0 Å². The van der Waals surface area contributed by atoms with E-state index in [1.807, 2.05) is 0 Å². The number of hydrogen-bond acceptors (Lipinski definition) is 5. The van der Waals surface area contributed by atoms with Crippen LogP contribution in [0.3, 0.4) is 0 Å². The third-order valence-electron chi connectivity index (χ3n) is 3.60. The Kier molecular flexibility index (Phi) is 4.24. The molecule has 0 aromatic rings. The quantitative estimate of drug-likeness (QED) is 0.686. The summed E-state index contributed by atoms with van der Waals surface area (Å²) in [5, 5.41) is -0.345. The van der Waals surface area contributed by atoms with Gasteiger partial charge in [-0.25, -0.2) is 8.42 Å². The molecule has 2 rings (SSSR count). The van der Waals surface area contributed by atoms with Gasteiger partial charge < -0.3 is 9.47 Å². The van der Waals surface area contributed by atoms with Crippen LogP contribution < -0.4 is 0 Å². The summed E-state index contributed by atoms with van der Waals surface area (Å²) in [5.74, 6) is -0.545. The lowest BCUT2D eigenvalue weighted by Crippen LogP contribution is -2.54. The van der Waals surface area contributed by atoms with E-state index in [0.717, 1.165) is 12.8 Å². The van der Waals surface area contributed by atoms with E-state index in [-0.39, 0.29) is 18.4 Å². The Morgan fingerprint density at radius 3 is 2.61 bits per heavy atom. The predicted octanol–water partition coefficient (Wildman–Crippen LogP) is 0.133. The maximum atomic E-state index is 12.5. The maximum absolute atomic E-state index is 12.5. The van der Waals surface area contributed by atoms with Crippen molar-refractivity contribution in [3.05, 3.63) is 0 Å². The zero-order valence-electron chi connectivity index (χ0n) is 10.5. The average Bonchev–Trinajstić information content (AvgIpc) is 2.92. The second kappa shape index (κ2) is 5.54. The topological polar surface area (TPSA) is 72.9 Å². The van der Waals surface area contributed by atoms with Crippen LogP contribution >= 0.6 is 0 Å². The summed E-state index contributed by atoms with van der Waals surface area (Å²) in [6, 6.07) is -0.825. The first-order valence-electron chi connectivity index (χ1n) is 6.23. The second-order valence-corrected chi connectivity index (χ2v) is 6.84. The molecule has 18 heavy (non-hydrogen) atoms. The van der Waals surface area contributed by atoms with Gasteiger partial charge in [-0.2, -0.15) is 4.31 Å². The molecule has 104 valence electrons. The normalized spacial score (nSPS) is 27.3. The summed E-state index contributed by atoms with van der Waals surface area (Å²) in [6.45, 7) is 0.649. The lowest BCUT2D eigenvalue weighted by Gasteiger charge is -2.34. The standard InChI is InChI=1S/C11H19NO5S/c1-16-11(13)10-8-17-7-6-12(10)18(14,15)9-4-2-3-5-9/h9-10H,2-8H2,1H3. The van der Waals surface area contributed by atoms with Gasteiger partial charge in [-0.05, 0) is 12.8 Å². The molecular weight excluding hydrogens is 258 g/mol. The number of sulfonamides is 1. The zero-order chi connectivity index (χ0) is 13.2. The number of esters is 1. The minimum absolute atomic E-state index is 0.0820. The van der Waals surface area contributed by atoms with Gasteiger partial charge in [0.2, 0.25) is 10.0 Å².